The minimum atomic E-state index is -4.15. The first-order valence-corrected chi connectivity index (χ1v) is 15.4. The van der Waals surface area contributed by atoms with Crippen molar-refractivity contribution >= 4 is 32.9 Å². The lowest BCUT2D eigenvalue weighted by Crippen LogP contribution is -2.29. The average Bonchev–Trinajstić information content (AvgIpc) is 3.42. The molecule has 0 bridgehead atoms. The van der Waals surface area contributed by atoms with E-state index in [1.54, 1.807) is 15.3 Å². The van der Waals surface area contributed by atoms with E-state index in [4.69, 9.17) is 15.6 Å². The van der Waals surface area contributed by atoms with Crippen molar-refractivity contribution in [2.45, 2.75) is 24.8 Å². The topological polar surface area (TPSA) is 171 Å². The molecule has 0 radical (unpaired) electrons. The normalized spacial score (nSPS) is 12.2. The Morgan fingerprint density at radius 2 is 1.76 bits per heavy atom. The number of pyridine rings is 1. The molecule has 0 amide bonds. The highest BCUT2D eigenvalue weighted by atomic mass is 32.2. The fourth-order valence-corrected chi connectivity index (χ4v) is 6.09. The Kier molecular flexibility index (Phi) is 7.83. The van der Waals surface area contributed by atoms with Gasteiger partial charge in [0.15, 0.2) is 5.82 Å². The molecule has 0 aliphatic heterocycles. The van der Waals surface area contributed by atoms with Gasteiger partial charge in [-0.3, -0.25) is 14.1 Å². The number of nitrogens with two attached hydrogens (primary N) is 1. The van der Waals surface area contributed by atoms with Gasteiger partial charge in [0, 0.05) is 18.0 Å². The van der Waals surface area contributed by atoms with Crippen LogP contribution in [0.5, 0.6) is 5.88 Å². The third-order valence-electron chi connectivity index (χ3n) is 7.25. The van der Waals surface area contributed by atoms with E-state index in [1.165, 1.54) is 25.7 Å². The second kappa shape index (κ2) is 11.9. The van der Waals surface area contributed by atoms with Gasteiger partial charge in [-0.2, -0.15) is 5.10 Å². The summed E-state index contributed by atoms with van der Waals surface area (Å²) >= 11 is 0. The number of hydrogen-bond donors (Lipinski definition) is 3. The van der Waals surface area contributed by atoms with Gasteiger partial charge in [-0.05, 0) is 67.9 Å². The molecule has 46 heavy (non-hydrogen) atoms. The zero-order chi connectivity index (χ0) is 32.6. The van der Waals surface area contributed by atoms with Gasteiger partial charge >= 0.3 is 0 Å². The maximum atomic E-state index is 13.8. The van der Waals surface area contributed by atoms with Crippen LogP contribution < -0.4 is 26.1 Å². The molecule has 15 heteroatoms. The molecule has 1 unspecified atom stereocenters. The molecular weight excluding hydrogens is 613 g/mol. The van der Waals surface area contributed by atoms with Crippen molar-refractivity contribution in [3.8, 4) is 22.7 Å². The lowest BCUT2D eigenvalue weighted by atomic mass is 10.1. The van der Waals surface area contributed by atoms with E-state index in [9.17, 15) is 17.6 Å². The first-order chi connectivity index (χ1) is 22.1. The van der Waals surface area contributed by atoms with Gasteiger partial charge in [-0.1, -0.05) is 18.2 Å². The molecule has 6 rings (SSSR count). The van der Waals surface area contributed by atoms with Gasteiger partial charge in [0.25, 0.3) is 15.6 Å². The quantitative estimate of drug-likeness (QED) is 0.206. The maximum Gasteiger partial charge on any atom is 0.282 e. The number of rotatable bonds is 9. The summed E-state index contributed by atoms with van der Waals surface area (Å²) in [5, 5.41) is 8.08. The van der Waals surface area contributed by atoms with Crippen molar-refractivity contribution < 1.29 is 17.5 Å². The molecule has 6 aromatic rings. The number of halogens is 1. The van der Waals surface area contributed by atoms with Crippen LogP contribution >= 0.6 is 0 Å². The molecule has 0 spiro atoms. The third-order valence-corrected chi connectivity index (χ3v) is 8.63. The van der Waals surface area contributed by atoms with Crippen molar-refractivity contribution in [3.63, 3.8) is 0 Å². The number of nitrogen functional groups attached to an aromatic ring is 1. The number of hydrogen-bond acceptors (Lipinski definition) is 10. The van der Waals surface area contributed by atoms with Crippen LogP contribution in [0.4, 0.5) is 21.7 Å². The van der Waals surface area contributed by atoms with E-state index in [0.29, 0.717) is 28.2 Å². The Balaban J connectivity index is 1.42. The zero-order valence-electron chi connectivity index (χ0n) is 24.8. The number of nitrogens with zero attached hydrogens (tertiary/aromatic N) is 6. The molecule has 0 saturated heterocycles. The highest BCUT2D eigenvalue weighted by Crippen LogP contribution is 2.36. The number of aromatic nitrogens is 6. The van der Waals surface area contributed by atoms with E-state index < -0.39 is 21.9 Å². The third kappa shape index (κ3) is 5.59. The molecule has 1 atom stereocenters. The minimum Gasteiger partial charge on any atom is -0.480 e. The summed E-state index contributed by atoms with van der Waals surface area (Å²) in [4.78, 5) is 26.5. The highest BCUT2D eigenvalue weighted by Gasteiger charge is 2.24. The van der Waals surface area contributed by atoms with Crippen LogP contribution in [-0.2, 0) is 10.0 Å². The molecule has 0 saturated carbocycles. The molecule has 4 aromatic heterocycles. The second-order valence-corrected chi connectivity index (χ2v) is 12.0. The van der Waals surface area contributed by atoms with Crippen LogP contribution in [-0.4, -0.2) is 44.7 Å². The molecule has 2 aromatic carbocycles. The summed E-state index contributed by atoms with van der Waals surface area (Å²) in [5.41, 5.74) is 8.65. The predicted octanol–water partition coefficient (Wildman–Crippen LogP) is 4.35. The van der Waals surface area contributed by atoms with Gasteiger partial charge in [0.1, 0.15) is 35.0 Å². The molecule has 4 heterocycles. The Hall–Kier alpha value is -5.83. The van der Waals surface area contributed by atoms with E-state index in [0.717, 1.165) is 29.8 Å². The molecule has 0 fully saturated rings. The molecule has 0 aliphatic rings. The largest absolute Gasteiger partial charge is 0.480 e. The standard InChI is InChI=1S/C31H28FN9O4S/c1-18-13-14-40-26(18)31(42)41(22-7-5-4-6-8-22)29(38-40)19(2)37-28-25(27(33)35-17-36-28)20-15-24(30(45-3)34-16-20)39-46(43,44)23-11-9-21(32)10-12-23/h4-17,19,39H,1-3H3,(H3,33,35,36,37). The van der Waals surface area contributed by atoms with E-state index in [1.807, 2.05) is 50.2 Å². The molecule has 13 nitrogen and oxygen atoms in total. The van der Waals surface area contributed by atoms with Crippen LogP contribution in [0.2, 0.25) is 0 Å². The Morgan fingerprint density at radius 1 is 1.02 bits per heavy atom. The van der Waals surface area contributed by atoms with Gasteiger partial charge < -0.3 is 15.8 Å². The van der Waals surface area contributed by atoms with Crippen LogP contribution in [0.3, 0.4) is 0 Å². The van der Waals surface area contributed by atoms with E-state index in [2.05, 4.69) is 25.0 Å². The van der Waals surface area contributed by atoms with Crippen molar-refractivity contribution in [1.29, 1.82) is 0 Å². The van der Waals surface area contributed by atoms with Crippen molar-refractivity contribution in [2.24, 2.45) is 0 Å². The maximum absolute atomic E-state index is 13.8. The SMILES string of the molecule is COc1ncc(-c2c(N)ncnc2NC(C)c2nn3ccc(C)c3c(=O)n2-c2ccccc2)cc1NS(=O)(=O)c1ccc(F)cc1. The summed E-state index contributed by atoms with van der Waals surface area (Å²) in [6, 6.07) is 16.2. The van der Waals surface area contributed by atoms with Gasteiger partial charge in [0.2, 0.25) is 5.88 Å². The van der Waals surface area contributed by atoms with Crippen LogP contribution in [0, 0.1) is 12.7 Å². The molecular formula is C31H28FN9O4S. The first kappa shape index (κ1) is 30.2. The monoisotopic (exact) mass is 641 g/mol. The van der Waals surface area contributed by atoms with Gasteiger partial charge in [-0.15, -0.1) is 0 Å². The average molecular weight is 642 g/mol. The number of sulfonamides is 1. The number of fused-ring (bicyclic) bond motifs is 1. The smallest absolute Gasteiger partial charge is 0.282 e. The molecule has 0 aliphatic carbocycles. The van der Waals surface area contributed by atoms with E-state index in [-0.39, 0.29) is 33.7 Å². The number of nitrogens with one attached hydrogen (secondary N) is 2. The number of benzene rings is 2. The Morgan fingerprint density at radius 3 is 2.48 bits per heavy atom. The minimum absolute atomic E-state index is 0.000381. The number of anilines is 3. The molecule has 4 N–H and O–H groups in total. The lowest BCUT2D eigenvalue weighted by molar-refractivity contribution is 0.400. The van der Waals surface area contributed by atoms with Crippen molar-refractivity contribution in [3.05, 3.63) is 113 Å². The van der Waals surface area contributed by atoms with Crippen molar-refractivity contribution in [2.75, 3.05) is 22.9 Å². The van der Waals surface area contributed by atoms with E-state index >= 15 is 0 Å². The number of ether oxygens (including phenoxy) is 1. The highest BCUT2D eigenvalue weighted by molar-refractivity contribution is 7.92. The zero-order valence-corrected chi connectivity index (χ0v) is 25.7. The Labute approximate surface area is 262 Å². The summed E-state index contributed by atoms with van der Waals surface area (Å²) in [7, 11) is -2.80. The predicted molar refractivity (Wildman–Crippen MR) is 171 cm³/mol. The van der Waals surface area contributed by atoms with Crippen LogP contribution in [0.1, 0.15) is 24.4 Å². The fourth-order valence-electron chi connectivity index (χ4n) is 5.04. The lowest BCUT2D eigenvalue weighted by Gasteiger charge is -2.21. The summed E-state index contributed by atoms with van der Waals surface area (Å²) < 4.78 is 50.5. The van der Waals surface area contributed by atoms with Crippen LogP contribution in [0.25, 0.3) is 22.3 Å². The molecule has 234 valence electrons. The van der Waals surface area contributed by atoms with Gasteiger partial charge in [-0.25, -0.2) is 32.3 Å². The summed E-state index contributed by atoms with van der Waals surface area (Å²) in [5.74, 6) is 0.154. The fraction of sp³-hybridized carbons (Fsp3) is 0.129. The summed E-state index contributed by atoms with van der Waals surface area (Å²) in [6.07, 6.45) is 4.44. The van der Waals surface area contributed by atoms with Crippen LogP contribution in [0.15, 0.2) is 95.1 Å². The first-order valence-electron chi connectivity index (χ1n) is 13.9. The summed E-state index contributed by atoms with van der Waals surface area (Å²) in [6.45, 7) is 3.67. The number of aryl methyl sites for hydroxylation is 1. The van der Waals surface area contributed by atoms with Crippen molar-refractivity contribution in [1.82, 2.24) is 29.1 Å². The number of methoxy groups -OCH3 is 1. The Bertz CT molecular complexity index is 2240. The second-order valence-electron chi connectivity index (χ2n) is 10.3. The van der Waals surface area contributed by atoms with Gasteiger partial charge in [0.05, 0.1) is 29.3 Å². The number of para-hydroxylation sites is 1.